The molecule has 17 heavy (non-hydrogen) atoms. The number of benzene rings is 1. The molecular formula is C11H8F4O2. The lowest BCUT2D eigenvalue weighted by molar-refractivity contribution is -0.170. The van der Waals surface area contributed by atoms with Gasteiger partial charge in [0, 0.05) is 0 Å². The van der Waals surface area contributed by atoms with Gasteiger partial charge in [0.1, 0.15) is 11.2 Å². The topological polar surface area (TPSA) is 37.3 Å². The molecular weight excluding hydrogens is 240 g/mol. The molecule has 0 bridgehead atoms. The van der Waals surface area contributed by atoms with Crippen LogP contribution < -0.4 is 0 Å². The van der Waals surface area contributed by atoms with Crippen LogP contribution in [0.1, 0.15) is 12.0 Å². The minimum Gasteiger partial charge on any atom is -0.481 e. The molecule has 2 rings (SSSR count). The van der Waals surface area contributed by atoms with Gasteiger partial charge in [-0.15, -0.1) is 0 Å². The highest BCUT2D eigenvalue weighted by Gasteiger charge is 2.74. The van der Waals surface area contributed by atoms with Gasteiger partial charge in [-0.3, -0.25) is 4.79 Å². The number of aliphatic carboxylic acids is 1. The van der Waals surface area contributed by atoms with E-state index in [0.29, 0.717) is 0 Å². The van der Waals surface area contributed by atoms with Crippen molar-refractivity contribution in [3.8, 4) is 0 Å². The first-order chi connectivity index (χ1) is 7.79. The van der Waals surface area contributed by atoms with E-state index in [1.807, 2.05) is 0 Å². The van der Waals surface area contributed by atoms with Crippen molar-refractivity contribution in [3.63, 3.8) is 0 Å². The van der Waals surface area contributed by atoms with Gasteiger partial charge in [-0.25, -0.2) is 4.39 Å². The predicted octanol–water partition coefficient (Wildman–Crippen LogP) is 2.73. The van der Waals surface area contributed by atoms with Crippen LogP contribution in [0.5, 0.6) is 0 Å². The Bertz CT molecular complexity index is 452. The molecule has 2 unspecified atom stereocenters. The van der Waals surface area contributed by atoms with Gasteiger partial charge in [0.25, 0.3) is 0 Å². The summed E-state index contributed by atoms with van der Waals surface area (Å²) in [4.78, 5) is 10.7. The van der Waals surface area contributed by atoms with Crippen LogP contribution in [-0.2, 0) is 10.2 Å². The molecule has 92 valence electrons. The second kappa shape index (κ2) is 3.45. The van der Waals surface area contributed by atoms with Gasteiger partial charge >= 0.3 is 12.1 Å². The monoisotopic (exact) mass is 248 g/mol. The van der Waals surface area contributed by atoms with Crippen molar-refractivity contribution in [2.24, 2.45) is 5.92 Å². The van der Waals surface area contributed by atoms with Gasteiger partial charge in [-0.1, -0.05) is 12.1 Å². The van der Waals surface area contributed by atoms with Crippen molar-refractivity contribution in [1.82, 2.24) is 0 Å². The molecule has 1 fully saturated rings. The molecule has 0 radical (unpaired) electrons. The minimum atomic E-state index is -4.64. The molecule has 2 nitrogen and oxygen atoms in total. The first-order valence-corrected chi connectivity index (χ1v) is 4.84. The summed E-state index contributed by atoms with van der Waals surface area (Å²) in [5, 5.41) is 8.69. The Morgan fingerprint density at radius 2 is 1.82 bits per heavy atom. The van der Waals surface area contributed by atoms with Gasteiger partial charge in [-0.2, -0.15) is 13.2 Å². The molecule has 1 N–H and O–H groups in total. The van der Waals surface area contributed by atoms with Crippen molar-refractivity contribution in [1.29, 1.82) is 0 Å². The number of alkyl halides is 3. The van der Waals surface area contributed by atoms with E-state index >= 15 is 0 Å². The SMILES string of the molecule is O=C(O)C1CC1(c1ccc(F)cc1)C(F)(F)F. The summed E-state index contributed by atoms with van der Waals surface area (Å²) >= 11 is 0. The maximum Gasteiger partial charge on any atom is 0.399 e. The predicted molar refractivity (Wildman–Crippen MR) is 49.9 cm³/mol. The first kappa shape index (κ1) is 11.9. The fraction of sp³-hybridized carbons (Fsp3) is 0.364. The summed E-state index contributed by atoms with van der Waals surface area (Å²) in [6.07, 6.45) is -5.13. The van der Waals surface area contributed by atoms with Crippen LogP contribution in [0, 0.1) is 11.7 Å². The van der Waals surface area contributed by atoms with Crippen LogP contribution in [0.2, 0.25) is 0 Å². The summed E-state index contributed by atoms with van der Waals surface area (Å²) in [5.74, 6) is -3.61. The molecule has 2 atom stereocenters. The van der Waals surface area contributed by atoms with E-state index in [1.165, 1.54) is 0 Å². The van der Waals surface area contributed by atoms with Crippen molar-refractivity contribution in [3.05, 3.63) is 35.6 Å². The molecule has 0 aromatic heterocycles. The maximum atomic E-state index is 12.9. The van der Waals surface area contributed by atoms with E-state index in [2.05, 4.69) is 0 Å². The van der Waals surface area contributed by atoms with E-state index in [-0.39, 0.29) is 5.56 Å². The molecule has 6 heteroatoms. The van der Waals surface area contributed by atoms with Gasteiger partial charge in [0.05, 0.1) is 5.92 Å². The average Bonchev–Trinajstić information content (AvgIpc) is 2.94. The normalized spacial score (nSPS) is 27.9. The Balaban J connectivity index is 2.44. The Kier molecular flexibility index (Phi) is 2.41. The quantitative estimate of drug-likeness (QED) is 0.817. The minimum absolute atomic E-state index is 0.196. The lowest BCUT2D eigenvalue weighted by Crippen LogP contribution is -2.32. The fourth-order valence-corrected chi connectivity index (χ4v) is 2.10. The number of carbonyl (C=O) groups is 1. The Morgan fingerprint density at radius 3 is 2.18 bits per heavy atom. The van der Waals surface area contributed by atoms with Crippen LogP contribution in [0.4, 0.5) is 17.6 Å². The lowest BCUT2D eigenvalue weighted by atomic mass is 9.92. The molecule has 1 aromatic carbocycles. The summed E-state index contributed by atoms with van der Waals surface area (Å²) in [6, 6.07) is 3.79. The molecule has 0 heterocycles. The summed E-state index contributed by atoms with van der Waals surface area (Å²) < 4.78 is 51.5. The number of rotatable bonds is 2. The summed E-state index contributed by atoms with van der Waals surface area (Å²) in [5.41, 5.74) is -2.55. The standard InChI is InChI=1S/C11H8F4O2/c12-7-3-1-6(2-4-7)10(11(13,14)15)5-8(10)9(16)17/h1-4,8H,5H2,(H,16,17). The van der Waals surface area contributed by atoms with E-state index in [1.54, 1.807) is 0 Å². The number of hydrogen-bond acceptors (Lipinski definition) is 1. The van der Waals surface area contributed by atoms with Crippen molar-refractivity contribution < 1.29 is 27.5 Å². The van der Waals surface area contributed by atoms with Crippen molar-refractivity contribution >= 4 is 5.97 Å². The highest BCUT2D eigenvalue weighted by atomic mass is 19.4. The van der Waals surface area contributed by atoms with Gasteiger partial charge in [-0.05, 0) is 24.1 Å². The van der Waals surface area contributed by atoms with E-state index in [4.69, 9.17) is 5.11 Å². The molecule has 0 amide bonds. The molecule has 0 saturated heterocycles. The summed E-state index contributed by atoms with van der Waals surface area (Å²) in [6.45, 7) is 0. The van der Waals surface area contributed by atoms with Crippen LogP contribution in [-0.4, -0.2) is 17.3 Å². The van der Waals surface area contributed by atoms with Crippen LogP contribution in [0.15, 0.2) is 24.3 Å². The lowest BCUT2D eigenvalue weighted by Gasteiger charge is -2.20. The highest BCUT2D eigenvalue weighted by molar-refractivity contribution is 5.77. The van der Waals surface area contributed by atoms with Crippen LogP contribution >= 0.6 is 0 Å². The third-order valence-electron chi connectivity index (χ3n) is 3.12. The van der Waals surface area contributed by atoms with Gasteiger partial charge in [0.15, 0.2) is 0 Å². The zero-order chi connectivity index (χ0) is 12.8. The third kappa shape index (κ3) is 1.67. The van der Waals surface area contributed by atoms with Crippen LogP contribution in [0.3, 0.4) is 0 Å². The maximum absolute atomic E-state index is 12.9. The Hall–Kier alpha value is -1.59. The largest absolute Gasteiger partial charge is 0.481 e. The number of halogens is 4. The van der Waals surface area contributed by atoms with E-state index in [0.717, 1.165) is 24.3 Å². The molecule has 1 aliphatic carbocycles. The van der Waals surface area contributed by atoms with E-state index in [9.17, 15) is 22.4 Å². The zero-order valence-electron chi connectivity index (χ0n) is 8.46. The van der Waals surface area contributed by atoms with Crippen LogP contribution in [0.25, 0.3) is 0 Å². The first-order valence-electron chi connectivity index (χ1n) is 4.84. The molecule has 0 spiro atoms. The Morgan fingerprint density at radius 1 is 1.29 bits per heavy atom. The molecule has 0 aliphatic heterocycles. The fourth-order valence-electron chi connectivity index (χ4n) is 2.10. The molecule has 1 aliphatic rings. The number of hydrogen-bond donors (Lipinski definition) is 1. The Labute approximate surface area is 93.9 Å². The van der Waals surface area contributed by atoms with Gasteiger partial charge < -0.3 is 5.11 Å². The van der Waals surface area contributed by atoms with Gasteiger partial charge in [0.2, 0.25) is 0 Å². The zero-order valence-corrected chi connectivity index (χ0v) is 8.46. The number of carboxylic acid groups (broad SMARTS) is 1. The summed E-state index contributed by atoms with van der Waals surface area (Å²) in [7, 11) is 0. The second-order valence-corrected chi connectivity index (χ2v) is 4.07. The molecule has 1 saturated carbocycles. The van der Waals surface area contributed by atoms with Crippen molar-refractivity contribution in [2.45, 2.75) is 18.0 Å². The molecule has 1 aromatic rings. The highest BCUT2D eigenvalue weighted by Crippen LogP contribution is 2.63. The van der Waals surface area contributed by atoms with Crippen molar-refractivity contribution in [2.75, 3.05) is 0 Å². The third-order valence-corrected chi connectivity index (χ3v) is 3.12. The average molecular weight is 248 g/mol. The van der Waals surface area contributed by atoms with E-state index < -0.39 is 35.7 Å². The smallest absolute Gasteiger partial charge is 0.399 e. The number of carboxylic acids is 1. The second-order valence-electron chi connectivity index (χ2n) is 4.07.